The van der Waals surface area contributed by atoms with Crippen molar-refractivity contribution in [3.8, 4) is 22.1 Å². The molecule has 0 saturated carbocycles. The van der Waals surface area contributed by atoms with Crippen molar-refractivity contribution >= 4 is 32.8 Å². The number of nitrogens with zero attached hydrogens (tertiary/aromatic N) is 3. The SMILES string of the molecule is CC(C)(C)c1ccnc(-c2cccc3sc(Oc4cccc(N5C=CN(c6ccccc6)C5)c4)cc23)c1. The van der Waals surface area contributed by atoms with Gasteiger partial charge in [0.25, 0.3) is 0 Å². The van der Waals surface area contributed by atoms with Gasteiger partial charge in [-0.15, -0.1) is 0 Å². The molecule has 5 heteroatoms. The van der Waals surface area contributed by atoms with Crippen LogP contribution in [0.1, 0.15) is 26.3 Å². The third-order valence-corrected chi connectivity index (χ3v) is 7.61. The Morgan fingerprint density at radius 2 is 1.54 bits per heavy atom. The highest BCUT2D eigenvalue weighted by atomic mass is 32.1. The minimum absolute atomic E-state index is 0.0716. The van der Waals surface area contributed by atoms with Crippen LogP contribution in [-0.4, -0.2) is 11.7 Å². The molecule has 0 unspecified atom stereocenters. The quantitative estimate of drug-likeness (QED) is 0.240. The van der Waals surface area contributed by atoms with Crippen LogP contribution >= 0.6 is 11.3 Å². The number of para-hydroxylation sites is 1. The van der Waals surface area contributed by atoms with Crippen molar-refractivity contribution in [3.05, 3.63) is 115 Å². The molecule has 1 aliphatic heterocycles. The number of rotatable bonds is 5. The molecule has 0 saturated heterocycles. The fraction of sp³-hybridized carbons (Fsp3) is 0.156. The molecular weight excluding hydrogens is 474 g/mol. The number of ether oxygens (including phenoxy) is 1. The van der Waals surface area contributed by atoms with E-state index in [4.69, 9.17) is 9.72 Å². The van der Waals surface area contributed by atoms with Gasteiger partial charge in [-0.3, -0.25) is 4.98 Å². The highest BCUT2D eigenvalue weighted by Gasteiger charge is 2.18. The largest absolute Gasteiger partial charge is 0.447 e. The van der Waals surface area contributed by atoms with E-state index in [2.05, 4.69) is 116 Å². The van der Waals surface area contributed by atoms with E-state index in [0.29, 0.717) is 0 Å². The number of aromatic nitrogens is 1. The van der Waals surface area contributed by atoms with Gasteiger partial charge in [-0.1, -0.05) is 68.5 Å². The van der Waals surface area contributed by atoms with E-state index in [1.165, 1.54) is 16.0 Å². The monoisotopic (exact) mass is 503 g/mol. The van der Waals surface area contributed by atoms with Gasteiger partial charge in [-0.05, 0) is 53.4 Å². The first kappa shape index (κ1) is 23.3. The van der Waals surface area contributed by atoms with Crippen molar-refractivity contribution in [2.75, 3.05) is 16.5 Å². The number of pyridine rings is 1. The van der Waals surface area contributed by atoms with Gasteiger partial charge in [-0.25, -0.2) is 0 Å². The maximum absolute atomic E-state index is 6.38. The molecule has 0 amide bonds. The maximum Gasteiger partial charge on any atom is 0.182 e. The minimum atomic E-state index is 0.0716. The molecule has 0 radical (unpaired) electrons. The zero-order valence-electron chi connectivity index (χ0n) is 21.3. The lowest BCUT2D eigenvalue weighted by Crippen LogP contribution is -2.24. The Balaban J connectivity index is 1.25. The highest BCUT2D eigenvalue weighted by molar-refractivity contribution is 7.20. The molecule has 5 aromatic rings. The molecule has 0 bridgehead atoms. The van der Waals surface area contributed by atoms with Crippen molar-refractivity contribution in [3.63, 3.8) is 0 Å². The number of fused-ring (bicyclic) bond motifs is 1. The molecule has 0 spiro atoms. The molecule has 3 heterocycles. The highest BCUT2D eigenvalue weighted by Crippen LogP contribution is 2.40. The standard InChI is InChI=1S/C32H29N3OS/c1-32(2,3)23-15-16-33-29(19-23)27-13-8-14-30-28(27)21-31(37-30)36-26-12-7-11-25(20-26)35-18-17-34(22-35)24-9-5-4-6-10-24/h4-21H,22H2,1-3H3. The average molecular weight is 504 g/mol. The number of hydrogen-bond donors (Lipinski definition) is 0. The summed E-state index contributed by atoms with van der Waals surface area (Å²) < 4.78 is 7.57. The summed E-state index contributed by atoms with van der Waals surface area (Å²) in [4.78, 5) is 9.14. The van der Waals surface area contributed by atoms with E-state index < -0.39 is 0 Å². The third-order valence-electron chi connectivity index (χ3n) is 6.63. The molecule has 2 aromatic heterocycles. The second-order valence-electron chi connectivity index (χ2n) is 10.3. The number of hydrogen-bond acceptors (Lipinski definition) is 5. The Morgan fingerprint density at radius 3 is 2.35 bits per heavy atom. The van der Waals surface area contributed by atoms with Crippen LogP contribution in [0.25, 0.3) is 21.3 Å². The Labute approximate surface area is 222 Å². The predicted octanol–water partition coefficient (Wildman–Crippen LogP) is 8.81. The van der Waals surface area contributed by atoms with E-state index in [1.807, 2.05) is 24.4 Å². The normalized spacial score (nSPS) is 13.5. The molecule has 6 rings (SSSR count). The van der Waals surface area contributed by atoms with Gasteiger partial charge in [0.2, 0.25) is 0 Å². The third kappa shape index (κ3) is 4.83. The molecule has 4 nitrogen and oxygen atoms in total. The minimum Gasteiger partial charge on any atom is -0.447 e. The van der Waals surface area contributed by atoms with Crippen molar-refractivity contribution < 1.29 is 4.74 Å². The van der Waals surface area contributed by atoms with E-state index in [9.17, 15) is 0 Å². The van der Waals surface area contributed by atoms with Crippen molar-refractivity contribution in [2.45, 2.75) is 26.2 Å². The second-order valence-corrected chi connectivity index (χ2v) is 11.3. The molecule has 184 valence electrons. The summed E-state index contributed by atoms with van der Waals surface area (Å²) >= 11 is 1.66. The van der Waals surface area contributed by atoms with Gasteiger partial charge < -0.3 is 14.5 Å². The van der Waals surface area contributed by atoms with Crippen LogP contribution in [0.5, 0.6) is 10.8 Å². The van der Waals surface area contributed by atoms with Gasteiger partial charge in [-0.2, -0.15) is 0 Å². The first-order valence-electron chi connectivity index (χ1n) is 12.5. The van der Waals surface area contributed by atoms with E-state index in [1.54, 1.807) is 11.3 Å². The summed E-state index contributed by atoms with van der Waals surface area (Å²) in [6.07, 6.45) is 6.13. The number of anilines is 2. The fourth-order valence-electron chi connectivity index (χ4n) is 4.57. The molecule has 1 aliphatic rings. The molecule has 0 aliphatic carbocycles. The number of benzene rings is 3. The molecule has 37 heavy (non-hydrogen) atoms. The molecule has 0 N–H and O–H groups in total. The zero-order valence-corrected chi connectivity index (χ0v) is 22.1. The van der Waals surface area contributed by atoms with Crippen molar-refractivity contribution in [2.24, 2.45) is 0 Å². The maximum atomic E-state index is 6.38. The van der Waals surface area contributed by atoms with Gasteiger partial charge in [0, 0.05) is 57.8 Å². The van der Waals surface area contributed by atoms with Crippen molar-refractivity contribution in [1.29, 1.82) is 0 Å². The fourth-order valence-corrected chi connectivity index (χ4v) is 5.53. The summed E-state index contributed by atoms with van der Waals surface area (Å²) in [5.41, 5.74) is 5.75. The summed E-state index contributed by atoms with van der Waals surface area (Å²) in [5.74, 6) is 0.824. The van der Waals surface area contributed by atoms with E-state index in [-0.39, 0.29) is 5.41 Å². The predicted molar refractivity (Wildman–Crippen MR) is 156 cm³/mol. The van der Waals surface area contributed by atoms with Gasteiger partial charge in [0.1, 0.15) is 5.75 Å². The first-order valence-corrected chi connectivity index (χ1v) is 13.3. The Kier molecular flexibility index (Phi) is 5.93. The van der Waals surface area contributed by atoms with Crippen LogP contribution in [0.2, 0.25) is 0 Å². The molecule has 0 atom stereocenters. The van der Waals surface area contributed by atoms with Crippen LogP contribution in [0.4, 0.5) is 11.4 Å². The second kappa shape index (κ2) is 9.41. The van der Waals surface area contributed by atoms with E-state index >= 15 is 0 Å². The average Bonchev–Trinajstić information content (AvgIpc) is 3.56. The molecule has 3 aromatic carbocycles. The van der Waals surface area contributed by atoms with Gasteiger partial charge >= 0.3 is 0 Å². The number of thiophene rings is 1. The zero-order chi connectivity index (χ0) is 25.4. The first-order chi connectivity index (χ1) is 17.9. The van der Waals surface area contributed by atoms with Gasteiger partial charge in [0.05, 0.1) is 12.4 Å². The van der Waals surface area contributed by atoms with Gasteiger partial charge in [0.15, 0.2) is 5.06 Å². The van der Waals surface area contributed by atoms with Crippen LogP contribution in [0.15, 0.2) is 110 Å². The van der Waals surface area contributed by atoms with Crippen molar-refractivity contribution in [1.82, 2.24) is 4.98 Å². The summed E-state index contributed by atoms with van der Waals surface area (Å²) in [6, 6.07) is 31.5. The smallest absolute Gasteiger partial charge is 0.182 e. The lowest BCUT2D eigenvalue weighted by molar-refractivity contribution is 0.497. The lowest BCUT2D eigenvalue weighted by Gasteiger charge is -2.21. The Hall–Kier alpha value is -4.09. The Morgan fingerprint density at radius 1 is 0.784 bits per heavy atom. The topological polar surface area (TPSA) is 28.6 Å². The molecular formula is C32H29N3OS. The molecule has 0 fully saturated rings. The van der Waals surface area contributed by atoms with E-state index in [0.717, 1.165) is 39.8 Å². The summed E-state index contributed by atoms with van der Waals surface area (Å²) in [6.45, 7) is 7.46. The van der Waals surface area contributed by atoms with Crippen LogP contribution in [-0.2, 0) is 5.41 Å². The summed E-state index contributed by atoms with van der Waals surface area (Å²) in [5, 5.41) is 2.03. The Bertz CT molecular complexity index is 1580. The lowest BCUT2D eigenvalue weighted by atomic mass is 9.87. The van der Waals surface area contributed by atoms with Crippen LogP contribution in [0.3, 0.4) is 0 Å². The van der Waals surface area contributed by atoms with Crippen LogP contribution < -0.4 is 14.5 Å². The van der Waals surface area contributed by atoms with Crippen LogP contribution in [0, 0.1) is 0 Å². The summed E-state index contributed by atoms with van der Waals surface area (Å²) in [7, 11) is 0.